The molecule has 4 rings (SSSR count). The predicted octanol–water partition coefficient (Wildman–Crippen LogP) is 3.93. The van der Waals surface area contributed by atoms with E-state index in [4.69, 9.17) is 5.11 Å². The Morgan fingerprint density at radius 1 is 1.33 bits per heavy atom. The maximum absolute atomic E-state index is 10.8. The second-order valence-electron chi connectivity index (χ2n) is 7.04. The summed E-state index contributed by atoms with van der Waals surface area (Å²) in [7, 11) is 0. The third-order valence-electron chi connectivity index (χ3n) is 5.16. The van der Waals surface area contributed by atoms with Crippen LogP contribution < -0.4 is 5.32 Å². The van der Waals surface area contributed by atoms with Crippen molar-refractivity contribution in [1.82, 2.24) is 14.9 Å². The molecule has 2 aliphatic heterocycles. The van der Waals surface area contributed by atoms with E-state index in [1.807, 2.05) is 6.92 Å². The van der Waals surface area contributed by atoms with Gasteiger partial charge in [-0.25, -0.2) is 14.8 Å². The van der Waals surface area contributed by atoms with Gasteiger partial charge in [0, 0.05) is 29.9 Å². The smallest absolute Gasteiger partial charge is 0.328 e. The molecule has 1 saturated heterocycles. The summed E-state index contributed by atoms with van der Waals surface area (Å²) < 4.78 is 0. The molecule has 0 saturated carbocycles. The van der Waals surface area contributed by atoms with Gasteiger partial charge in [0.25, 0.3) is 0 Å². The molecule has 0 spiro atoms. The van der Waals surface area contributed by atoms with Crippen molar-refractivity contribution < 1.29 is 9.90 Å². The zero-order chi connectivity index (χ0) is 18.8. The Hall–Kier alpha value is -2.38. The van der Waals surface area contributed by atoms with Gasteiger partial charge < -0.3 is 10.4 Å². The van der Waals surface area contributed by atoms with Crippen molar-refractivity contribution in [3.8, 4) is 0 Å². The van der Waals surface area contributed by atoms with Crippen LogP contribution in [0.2, 0.25) is 0 Å². The number of nitrogens with one attached hydrogen (secondary N) is 1. The number of benzene rings is 1. The molecule has 2 aromatic rings. The van der Waals surface area contributed by atoms with E-state index in [0.29, 0.717) is 5.92 Å². The van der Waals surface area contributed by atoms with Gasteiger partial charge in [0.05, 0.1) is 5.69 Å². The maximum atomic E-state index is 10.8. The molecule has 0 unspecified atom stereocenters. The van der Waals surface area contributed by atoms with Gasteiger partial charge in [0.1, 0.15) is 5.03 Å². The number of carboxylic acids is 1. The van der Waals surface area contributed by atoms with Crippen molar-refractivity contribution in [2.75, 3.05) is 18.4 Å². The summed E-state index contributed by atoms with van der Waals surface area (Å²) in [6.07, 6.45) is 6.79. The van der Waals surface area contributed by atoms with Gasteiger partial charge in [0.15, 0.2) is 5.82 Å². The number of rotatable bonds is 4. The number of piperidine rings is 1. The van der Waals surface area contributed by atoms with Gasteiger partial charge in [-0.3, -0.25) is 4.90 Å². The SMILES string of the molecule is CC(=CC(=O)O)C1CCN(Cc2ccc3c(c2)Nc2nccnc2S3)CC1. The lowest BCUT2D eigenvalue weighted by molar-refractivity contribution is -0.131. The summed E-state index contributed by atoms with van der Waals surface area (Å²) in [5.74, 6) is 0.350. The lowest BCUT2D eigenvalue weighted by atomic mass is 9.89. The second-order valence-corrected chi connectivity index (χ2v) is 8.08. The number of fused-ring (bicyclic) bond motifs is 2. The van der Waals surface area contributed by atoms with Gasteiger partial charge in [-0.1, -0.05) is 23.4 Å². The van der Waals surface area contributed by atoms with Crippen LogP contribution in [0.4, 0.5) is 11.5 Å². The number of carboxylic acid groups (broad SMARTS) is 1. The van der Waals surface area contributed by atoms with Crippen LogP contribution in [0.1, 0.15) is 25.3 Å². The van der Waals surface area contributed by atoms with E-state index in [0.717, 1.165) is 54.6 Å². The number of anilines is 2. The quantitative estimate of drug-likeness (QED) is 0.662. The first-order valence-corrected chi connectivity index (χ1v) is 9.92. The van der Waals surface area contributed by atoms with Gasteiger partial charge in [-0.15, -0.1) is 0 Å². The molecule has 2 N–H and O–H groups in total. The first kappa shape index (κ1) is 18.0. The minimum atomic E-state index is -0.847. The summed E-state index contributed by atoms with van der Waals surface area (Å²) in [5, 5.41) is 13.2. The van der Waals surface area contributed by atoms with Crippen LogP contribution in [0.15, 0.2) is 52.2 Å². The summed E-state index contributed by atoms with van der Waals surface area (Å²) in [5.41, 5.74) is 3.34. The highest BCUT2D eigenvalue weighted by molar-refractivity contribution is 7.99. The van der Waals surface area contributed by atoms with Gasteiger partial charge in [-0.2, -0.15) is 0 Å². The number of hydrogen-bond donors (Lipinski definition) is 2. The highest BCUT2D eigenvalue weighted by Crippen LogP contribution is 2.42. The van der Waals surface area contributed by atoms with Crippen LogP contribution in [-0.2, 0) is 11.3 Å². The Labute approximate surface area is 162 Å². The van der Waals surface area contributed by atoms with Crippen molar-refractivity contribution in [1.29, 1.82) is 0 Å². The van der Waals surface area contributed by atoms with Gasteiger partial charge in [-0.05, 0) is 56.5 Å². The number of allylic oxidation sites excluding steroid dienone is 1. The van der Waals surface area contributed by atoms with Crippen LogP contribution in [-0.4, -0.2) is 39.0 Å². The van der Waals surface area contributed by atoms with Crippen LogP contribution in [0, 0.1) is 5.92 Å². The molecule has 27 heavy (non-hydrogen) atoms. The van der Waals surface area contributed by atoms with Crippen LogP contribution >= 0.6 is 11.8 Å². The van der Waals surface area contributed by atoms with E-state index in [1.54, 1.807) is 24.2 Å². The van der Waals surface area contributed by atoms with Crippen LogP contribution in [0.3, 0.4) is 0 Å². The standard InChI is InChI=1S/C20H22N4O2S/c1-13(10-18(25)26)15-4-8-24(9-5-15)12-14-2-3-17-16(11-14)23-19-20(27-17)22-7-6-21-19/h2-3,6-7,10-11,15H,4-5,8-9,12H2,1H3,(H,21,23)(H,25,26). The topological polar surface area (TPSA) is 78.4 Å². The molecule has 1 fully saturated rings. The molecule has 140 valence electrons. The average molecular weight is 382 g/mol. The number of likely N-dealkylation sites (tertiary alicyclic amines) is 1. The summed E-state index contributed by atoms with van der Waals surface area (Å²) in [6.45, 7) is 4.81. The normalized spacial score (nSPS) is 17.7. The molecule has 6 nitrogen and oxygen atoms in total. The number of nitrogens with zero attached hydrogens (tertiary/aromatic N) is 3. The lowest BCUT2D eigenvalue weighted by Gasteiger charge is -2.32. The number of aliphatic carboxylic acids is 1. The lowest BCUT2D eigenvalue weighted by Crippen LogP contribution is -2.33. The predicted molar refractivity (Wildman–Crippen MR) is 105 cm³/mol. The molecule has 3 heterocycles. The average Bonchev–Trinajstić information content (AvgIpc) is 2.66. The van der Waals surface area contributed by atoms with Crippen LogP contribution in [0.5, 0.6) is 0 Å². The Kier molecular flexibility index (Phi) is 5.13. The van der Waals surface area contributed by atoms with E-state index < -0.39 is 5.97 Å². The molecule has 1 aromatic heterocycles. The molecule has 0 aliphatic carbocycles. The molecular weight excluding hydrogens is 360 g/mol. The van der Waals surface area contributed by atoms with Crippen molar-refractivity contribution in [3.05, 3.63) is 47.8 Å². The highest BCUT2D eigenvalue weighted by atomic mass is 32.2. The number of aromatic nitrogens is 2. The van der Waals surface area contributed by atoms with E-state index in [9.17, 15) is 4.79 Å². The van der Waals surface area contributed by atoms with Crippen molar-refractivity contribution in [2.45, 2.75) is 36.2 Å². The molecule has 7 heteroatoms. The van der Waals surface area contributed by atoms with E-state index in [2.05, 4.69) is 38.4 Å². The molecule has 0 amide bonds. The highest BCUT2D eigenvalue weighted by Gasteiger charge is 2.22. The molecular formula is C20H22N4O2S. The number of hydrogen-bond acceptors (Lipinski definition) is 6. The van der Waals surface area contributed by atoms with Gasteiger partial charge >= 0.3 is 5.97 Å². The molecule has 0 bridgehead atoms. The van der Waals surface area contributed by atoms with Crippen LogP contribution in [0.25, 0.3) is 0 Å². The largest absolute Gasteiger partial charge is 0.478 e. The summed E-state index contributed by atoms with van der Waals surface area (Å²) in [6, 6.07) is 6.52. The molecule has 0 atom stereocenters. The first-order valence-electron chi connectivity index (χ1n) is 9.11. The first-order chi connectivity index (χ1) is 13.1. The van der Waals surface area contributed by atoms with E-state index in [1.165, 1.54) is 16.5 Å². The Morgan fingerprint density at radius 2 is 2.11 bits per heavy atom. The zero-order valence-corrected chi connectivity index (χ0v) is 16.0. The monoisotopic (exact) mass is 382 g/mol. The zero-order valence-electron chi connectivity index (χ0n) is 15.2. The third kappa shape index (κ3) is 4.14. The summed E-state index contributed by atoms with van der Waals surface area (Å²) >= 11 is 1.64. The second kappa shape index (κ2) is 7.70. The fourth-order valence-electron chi connectivity index (χ4n) is 3.70. The van der Waals surface area contributed by atoms with E-state index >= 15 is 0 Å². The molecule has 1 aromatic carbocycles. The third-order valence-corrected chi connectivity index (χ3v) is 6.23. The number of carbonyl (C=O) groups is 1. The minimum Gasteiger partial charge on any atom is -0.478 e. The van der Waals surface area contributed by atoms with Crippen molar-refractivity contribution in [2.24, 2.45) is 5.92 Å². The molecule has 2 aliphatic rings. The fraction of sp³-hybridized carbons (Fsp3) is 0.350. The summed E-state index contributed by atoms with van der Waals surface area (Å²) in [4.78, 5) is 23.2. The Morgan fingerprint density at radius 3 is 2.89 bits per heavy atom. The van der Waals surface area contributed by atoms with Crippen molar-refractivity contribution in [3.63, 3.8) is 0 Å². The Balaban J connectivity index is 1.39. The fourth-order valence-corrected chi connectivity index (χ4v) is 4.58. The molecule has 0 radical (unpaired) electrons. The van der Waals surface area contributed by atoms with Gasteiger partial charge in [0.2, 0.25) is 0 Å². The Bertz CT molecular complexity index is 891. The van der Waals surface area contributed by atoms with Crippen molar-refractivity contribution >= 4 is 29.2 Å². The van der Waals surface area contributed by atoms with E-state index in [-0.39, 0.29) is 0 Å². The minimum absolute atomic E-state index is 0.383. The maximum Gasteiger partial charge on any atom is 0.328 e.